The molecule has 142 valence electrons. The number of amides is 1. The van der Waals surface area contributed by atoms with Gasteiger partial charge in [-0.15, -0.1) is 0 Å². The summed E-state index contributed by atoms with van der Waals surface area (Å²) in [6.07, 6.45) is 0. The zero-order chi connectivity index (χ0) is 19.6. The lowest BCUT2D eigenvalue weighted by atomic mass is 10.1. The number of nitrogens with zero attached hydrogens (tertiary/aromatic N) is 2. The highest BCUT2D eigenvalue weighted by atomic mass is 35.5. The van der Waals surface area contributed by atoms with Crippen LogP contribution in [0.4, 0.5) is 17.1 Å². The number of nitro groups is 1. The minimum Gasteiger partial charge on any atom is -0.359 e. The van der Waals surface area contributed by atoms with Crippen LogP contribution in [0.5, 0.6) is 0 Å². The van der Waals surface area contributed by atoms with Crippen LogP contribution < -0.4 is 15.1 Å². The van der Waals surface area contributed by atoms with Gasteiger partial charge in [0, 0.05) is 22.9 Å². The van der Waals surface area contributed by atoms with Crippen molar-refractivity contribution < 1.29 is 14.6 Å². The highest BCUT2D eigenvalue weighted by Gasteiger charge is 2.20. The molecule has 0 atom stereocenters. The Morgan fingerprint density at radius 2 is 1.93 bits per heavy atom. The third kappa shape index (κ3) is 4.37. The predicted octanol–water partition coefficient (Wildman–Crippen LogP) is 2.14. The van der Waals surface area contributed by atoms with Crippen LogP contribution in [0.1, 0.15) is 15.9 Å². The number of likely N-dealkylation sites (N-methyl/N-ethyl adjacent to an activating group) is 1. The molecular weight excluding hydrogens is 368 g/mol. The van der Waals surface area contributed by atoms with E-state index in [1.165, 1.54) is 11.0 Å². The number of nitro benzene ring substituents is 1. The minimum atomic E-state index is -0.491. The van der Waals surface area contributed by atoms with Crippen molar-refractivity contribution in [3.8, 4) is 0 Å². The molecule has 1 aliphatic heterocycles. The lowest BCUT2D eigenvalue weighted by Gasteiger charge is -2.32. The van der Waals surface area contributed by atoms with Crippen LogP contribution in [-0.2, 0) is 0 Å². The van der Waals surface area contributed by atoms with Gasteiger partial charge in [0.1, 0.15) is 0 Å². The Balaban J connectivity index is 1.74. The normalized spacial score (nSPS) is 14.9. The summed E-state index contributed by atoms with van der Waals surface area (Å²) in [4.78, 5) is 26.8. The van der Waals surface area contributed by atoms with E-state index in [1.54, 1.807) is 31.2 Å². The number of nitrogens with one attached hydrogen (secondary N) is 2. The average Bonchev–Trinajstić information content (AvgIpc) is 2.63. The van der Waals surface area contributed by atoms with Crippen LogP contribution >= 0.6 is 11.6 Å². The monoisotopic (exact) mass is 389 g/mol. The first kappa shape index (κ1) is 19.1. The molecule has 0 spiro atoms. The second-order valence-electron chi connectivity index (χ2n) is 6.82. The molecule has 8 heteroatoms. The zero-order valence-corrected chi connectivity index (χ0v) is 16.0. The molecule has 0 radical (unpaired) electrons. The number of aryl methyl sites for hydroxylation is 1. The number of hydrogen-bond acceptors (Lipinski definition) is 4. The molecule has 0 bridgehead atoms. The number of benzene rings is 2. The maximum Gasteiger partial charge on any atom is 0.273 e. The quantitative estimate of drug-likeness (QED) is 0.620. The molecule has 1 fully saturated rings. The first-order chi connectivity index (χ1) is 12.8. The van der Waals surface area contributed by atoms with Gasteiger partial charge in [0.25, 0.3) is 11.6 Å². The van der Waals surface area contributed by atoms with Crippen molar-refractivity contribution >= 4 is 34.6 Å². The summed E-state index contributed by atoms with van der Waals surface area (Å²) in [6.45, 7) is 5.62. The van der Waals surface area contributed by atoms with E-state index in [4.69, 9.17) is 11.6 Å². The van der Waals surface area contributed by atoms with Crippen LogP contribution in [0.25, 0.3) is 0 Å². The van der Waals surface area contributed by atoms with Gasteiger partial charge in [-0.2, -0.15) is 0 Å². The topological polar surface area (TPSA) is 79.9 Å². The summed E-state index contributed by atoms with van der Waals surface area (Å²) in [5.41, 5.74) is 2.17. The maximum absolute atomic E-state index is 12.4. The first-order valence-corrected chi connectivity index (χ1v) is 9.15. The van der Waals surface area contributed by atoms with Gasteiger partial charge >= 0.3 is 0 Å². The van der Waals surface area contributed by atoms with E-state index >= 15 is 0 Å². The van der Waals surface area contributed by atoms with Gasteiger partial charge in [-0.25, -0.2) is 0 Å². The van der Waals surface area contributed by atoms with Gasteiger partial charge < -0.3 is 15.1 Å². The molecule has 0 saturated carbocycles. The highest BCUT2D eigenvalue weighted by Crippen LogP contribution is 2.29. The van der Waals surface area contributed by atoms with Gasteiger partial charge in [-0.1, -0.05) is 17.7 Å². The van der Waals surface area contributed by atoms with Crippen molar-refractivity contribution in [1.82, 2.24) is 0 Å². The zero-order valence-electron chi connectivity index (χ0n) is 15.3. The first-order valence-electron chi connectivity index (χ1n) is 8.77. The van der Waals surface area contributed by atoms with Crippen LogP contribution in [0.3, 0.4) is 0 Å². The number of piperazine rings is 1. The summed E-state index contributed by atoms with van der Waals surface area (Å²) < 4.78 is 0. The summed E-state index contributed by atoms with van der Waals surface area (Å²) in [5.74, 6) is -0.412. The van der Waals surface area contributed by atoms with E-state index in [9.17, 15) is 14.9 Å². The van der Waals surface area contributed by atoms with Gasteiger partial charge in [0.15, 0.2) is 0 Å². The Labute approximate surface area is 162 Å². The van der Waals surface area contributed by atoms with Crippen molar-refractivity contribution in [2.24, 2.45) is 0 Å². The largest absolute Gasteiger partial charge is 0.359 e. The lowest BCUT2D eigenvalue weighted by Crippen LogP contribution is -3.12. The number of rotatable bonds is 4. The molecule has 0 aromatic heterocycles. The van der Waals surface area contributed by atoms with Crippen molar-refractivity contribution in [2.45, 2.75) is 6.92 Å². The van der Waals surface area contributed by atoms with Crippen LogP contribution in [0.15, 0.2) is 36.4 Å². The standard InChI is InChI=1S/C19H21ClN4O3/c1-13-3-4-14(11-18(13)24(26)27)19(25)21-15-5-6-17(16(20)12-15)23-9-7-22(2)8-10-23/h3-6,11-12H,7-10H2,1-2H3,(H,21,25)/p+1. The molecule has 0 aliphatic carbocycles. The molecule has 7 nitrogen and oxygen atoms in total. The van der Waals surface area contributed by atoms with Crippen LogP contribution in [0, 0.1) is 17.0 Å². The fourth-order valence-corrected chi connectivity index (χ4v) is 3.42. The molecule has 3 rings (SSSR count). The summed E-state index contributed by atoms with van der Waals surface area (Å²) in [5, 5.41) is 14.4. The predicted molar refractivity (Wildman–Crippen MR) is 106 cm³/mol. The van der Waals surface area contributed by atoms with Crippen molar-refractivity contribution in [3.05, 3.63) is 62.7 Å². The molecule has 2 N–H and O–H groups in total. The summed E-state index contributed by atoms with van der Waals surface area (Å²) >= 11 is 6.43. The molecule has 1 amide bonds. The number of carbonyl (C=O) groups is 1. The van der Waals surface area contributed by atoms with Gasteiger partial charge in [0.2, 0.25) is 0 Å². The molecular formula is C19H22ClN4O3+. The molecule has 1 aliphatic rings. The fraction of sp³-hybridized carbons (Fsp3) is 0.316. The molecule has 2 aromatic carbocycles. The van der Waals surface area contributed by atoms with Gasteiger partial charge in [-0.05, 0) is 31.2 Å². The SMILES string of the molecule is Cc1ccc(C(=O)Nc2ccc(N3CC[NH+](C)CC3)c(Cl)c2)cc1[N+](=O)[O-]. The number of halogens is 1. The summed E-state index contributed by atoms with van der Waals surface area (Å²) in [7, 11) is 2.17. The number of carbonyl (C=O) groups excluding carboxylic acids is 1. The van der Waals surface area contributed by atoms with E-state index < -0.39 is 10.8 Å². The van der Waals surface area contributed by atoms with Crippen molar-refractivity contribution in [2.75, 3.05) is 43.4 Å². The van der Waals surface area contributed by atoms with E-state index in [1.807, 2.05) is 6.07 Å². The molecule has 0 unspecified atom stereocenters. The second kappa shape index (κ2) is 7.94. The van der Waals surface area contributed by atoms with E-state index in [2.05, 4.69) is 17.3 Å². The maximum atomic E-state index is 12.4. The molecule has 1 saturated heterocycles. The molecule has 1 heterocycles. The summed E-state index contributed by atoms with van der Waals surface area (Å²) in [6, 6.07) is 9.83. The highest BCUT2D eigenvalue weighted by molar-refractivity contribution is 6.33. The second-order valence-corrected chi connectivity index (χ2v) is 7.23. The van der Waals surface area contributed by atoms with Crippen LogP contribution in [0.2, 0.25) is 5.02 Å². The number of quaternary nitrogens is 1. The third-order valence-electron chi connectivity index (χ3n) is 4.83. The average molecular weight is 390 g/mol. The number of anilines is 2. The Kier molecular flexibility index (Phi) is 5.62. The minimum absolute atomic E-state index is 0.0757. The Bertz CT molecular complexity index is 879. The Morgan fingerprint density at radius 1 is 1.22 bits per heavy atom. The van der Waals surface area contributed by atoms with Crippen LogP contribution in [-0.4, -0.2) is 44.1 Å². The Hall–Kier alpha value is -2.64. The third-order valence-corrected chi connectivity index (χ3v) is 5.13. The van der Waals surface area contributed by atoms with E-state index in [0.717, 1.165) is 31.9 Å². The van der Waals surface area contributed by atoms with E-state index in [-0.39, 0.29) is 11.3 Å². The molecule has 27 heavy (non-hydrogen) atoms. The Morgan fingerprint density at radius 3 is 2.56 bits per heavy atom. The lowest BCUT2D eigenvalue weighted by molar-refractivity contribution is -0.880. The van der Waals surface area contributed by atoms with Gasteiger partial charge in [-0.3, -0.25) is 14.9 Å². The smallest absolute Gasteiger partial charge is 0.273 e. The van der Waals surface area contributed by atoms with Gasteiger partial charge in [0.05, 0.1) is 48.9 Å². The van der Waals surface area contributed by atoms with Crippen molar-refractivity contribution in [3.63, 3.8) is 0 Å². The fourth-order valence-electron chi connectivity index (χ4n) is 3.12. The molecule has 2 aromatic rings. The van der Waals surface area contributed by atoms with E-state index in [0.29, 0.717) is 16.3 Å². The van der Waals surface area contributed by atoms with Crippen molar-refractivity contribution in [1.29, 1.82) is 0 Å². The number of hydrogen-bond donors (Lipinski definition) is 2.